The van der Waals surface area contributed by atoms with Gasteiger partial charge in [0.15, 0.2) is 0 Å². The average Bonchev–Trinajstić information content (AvgIpc) is 3.96. The van der Waals surface area contributed by atoms with Crippen LogP contribution in [0, 0.1) is 23.3 Å². The molecule has 9 heteroatoms. The number of halogens is 4. The quantitative estimate of drug-likeness (QED) is 0.139. The van der Waals surface area contributed by atoms with Gasteiger partial charge in [-0.25, -0.2) is 27.5 Å². The van der Waals surface area contributed by atoms with Gasteiger partial charge in [-0.15, -0.1) is 0 Å². The predicted molar refractivity (Wildman–Crippen MR) is 200 cm³/mol. The molecular formula is C44H26F4FeN4. The maximum atomic E-state index is 14.8. The van der Waals surface area contributed by atoms with Gasteiger partial charge in [0, 0.05) is 61.4 Å². The molecule has 53 heavy (non-hydrogen) atoms. The molecule has 0 unspecified atom stereocenters. The molecule has 5 heterocycles. The van der Waals surface area contributed by atoms with E-state index in [2.05, 4.69) is 9.97 Å². The Bertz CT molecular complexity index is 2440. The predicted octanol–water partition coefficient (Wildman–Crippen LogP) is 11.9. The van der Waals surface area contributed by atoms with Gasteiger partial charge in [0.05, 0.1) is 22.8 Å². The number of hydrogen-bond acceptors (Lipinski definition) is 2. The first-order valence-electron chi connectivity index (χ1n) is 16.6. The number of benzene rings is 4. The van der Waals surface area contributed by atoms with E-state index < -0.39 is 23.3 Å². The molecule has 0 fully saturated rings. The minimum Gasteiger partial charge on any atom is -0.354 e. The summed E-state index contributed by atoms with van der Waals surface area (Å²) in [5.41, 5.74) is 9.63. The molecule has 9 rings (SSSR count). The first-order chi connectivity index (χ1) is 25.4. The minimum absolute atomic E-state index is 0. The normalized spacial score (nSPS) is 11.8. The van der Waals surface area contributed by atoms with Crippen molar-refractivity contribution in [2.24, 2.45) is 0 Å². The molecule has 2 N–H and O–H groups in total. The van der Waals surface area contributed by atoms with Gasteiger partial charge in [0.1, 0.15) is 23.3 Å². The molecule has 0 amide bonds. The van der Waals surface area contributed by atoms with Crippen LogP contribution in [0.1, 0.15) is 22.8 Å². The summed E-state index contributed by atoms with van der Waals surface area (Å²) in [7, 11) is 0. The molecule has 4 aromatic carbocycles. The molecule has 0 atom stereocenters. The Balaban J connectivity index is 0.00000400. The first kappa shape index (κ1) is 33.8. The summed E-state index contributed by atoms with van der Waals surface area (Å²) in [6, 6.07) is 32.6. The van der Waals surface area contributed by atoms with E-state index in [1.165, 1.54) is 48.5 Å². The van der Waals surface area contributed by atoms with Gasteiger partial charge in [0.25, 0.3) is 0 Å². The smallest absolute Gasteiger partial charge is 0.123 e. The van der Waals surface area contributed by atoms with E-state index in [0.29, 0.717) is 89.4 Å². The van der Waals surface area contributed by atoms with Crippen molar-refractivity contribution < 1.29 is 34.6 Å². The van der Waals surface area contributed by atoms with Crippen LogP contribution in [0.25, 0.3) is 90.9 Å². The number of fused-ring (bicyclic) bond motifs is 8. The van der Waals surface area contributed by atoms with Crippen molar-refractivity contribution in [2.75, 3.05) is 0 Å². The van der Waals surface area contributed by atoms with Gasteiger partial charge in [-0.05, 0) is 119 Å². The zero-order valence-electron chi connectivity index (χ0n) is 27.6. The number of aromatic nitrogens is 4. The summed E-state index contributed by atoms with van der Waals surface area (Å²) in [5.74, 6) is -1.64. The van der Waals surface area contributed by atoms with Crippen LogP contribution in [0.4, 0.5) is 17.6 Å². The summed E-state index contributed by atoms with van der Waals surface area (Å²) in [5, 5.41) is 0. The van der Waals surface area contributed by atoms with Crippen LogP contribution in [-0.2, 0) is 17.1 Å². The minimum atomic E-state index is -0.410. The largest absolute Gasteiger partial charge is 0.354 e. The van der Waals surface area contributed by atoms with Crippen LogP contribution < -0.4 is 0 Å². The van der Waals surface area contributed by atoms with E-state index in [1.807, 2.05) is 72.8 Å². The first-order valence-corrected chi connectivity index (χ1v) is 16.6. The maximum absolute atomic E-state index is 14.8. The summed E-state index contributed by atoms with van der Waals surface area (Å²) < 4.78 is 59.1. The number of hydrogen-bond donors (Lipinski definition) is 2. The molecule has 0 aliphatic carbocycles. The molecule has 2 aliphatic heterocycles. The van der Waals surface area contributed by atoms with E-state index >= 15 is 0 Å². The van der Waals surface area contributed by atoms with Gasteiger partial charge in [-0.1, -0.05) is 48.5 Å². The van der Waals surface area contributed by atoms with Gasteiger partial charge >= 0.3 is 0 Å². The topological polar surface area (TPSA) is 57.4 Å². The van der Waals surface area contributed by atoms with Gasteiger partial charge in [0.2, 0.25) is 0 Å². The fraction of sp³-hybridized carbons (Fsp3) is 0. The average molecular weight is 743 g/mol. The van der Waals surface area contributed by atoms with E-state index in [-0.39, 0.29) is 17.1 Å². The Morgan fingerprint density at radius 3 is 0.811 bits per heavy atom. The second-order valence-corrected chi connectivity index (χ2v) is 12.5. The van der Waals surface area contributed by atoms with Crippen LogP contribution in [0.3, 0.4) is 0 Å². The Labute approximate surface area is 311 Å². The molecule has 0 radical (unpaired) electrons. The molecule has 3 aromatic heterocycles. The van der Waals surface area contributed by atoms with Crippen molar-refractivity contribution in [2.45, 2.75) is 0 Å². The van der Waals surface area contributed by atoms with Gasteiger partial charge in [-0.3, -0.25) is 0 Å². The Hall–Kier alpha value is -6.28. The van der Waals surface area contributed by atoms with Crippen LogP contribution in [0.2, 0.25) is 0 Å². The molecule has 2 aliphatic rings. The zero-order valence-corrected chi connectivity index (χ0v) is 28.7. The van der Waals surface area contributed by atoms with Crippen molar-refractivity contribution in [3.8, 4) is 44.5 Å². The molecule has 0 saturated carbocycles. The van der Waals surface area contributed by atoms with E-state index in [4.69, 9.17) is 9.97 Å². The second kappa shape index (κ2) is 13.7. The van der Waals surface area contributed by atoms with Crippen molar-refractivity contribution in [3.05, 3.63) is 167 Å². The third-order valence-electron chi connectivity index (χ3n) is 9.21. The number of aromatic amines is 2. The fourth-order valence-electron chi connectivity index (χ4n) is 7.00. The Morgan fingerprint density at radius 1 is 0.340 bits per heavy atom. The van der Waals surface area contributed by atoms with E-state index in [1.54, 1.807) is 24.3 Å². The zero-order chi connectivity index (χ0) is 35.3. The molecule has 258 valence electrons. The Kier molecular flexibility index (Phi) is 8.74. The van der Waals surface area contributed by atoms with Crippen molar-refractivity contribution in [1.29, 1.82) is 0 Å². The van der Waals surface area contributed by atoms with E-state index in [9.17, 15) is 17.6 Å². The summed E-state index contributed by atoms with van der Waals surface area (Å²) in [4.78, 5) is 17.2. The fourth-order valence-corrected chi connectivity index (χ4v) is 7.00. The number of nitrogens with zero attached hydrogens (tertiary/aromatic N) is 2. The van der Waals surface area contributed by atoms with Gasteiger partial charge in [-0.2, -0.15) is 0 Å². The second-order valence-electron chi connectivity index (χ2n) is 12.5. The summed E-state index contributed by atoms with van der Waals surface area (Å²) in [6.45, 7) is 0. The SMILES string of the molecule is Fc1cccc(-c2c3nc(c(-c4cccc(F)c4)c4ccc([nH]4)c(-c4cccc(F)c4)c4nc(c(-c5cccc(F)c5)c5ccc2[nH]5)C=C4)C=C3)c1.[Fe]. The molecule has 0 saturated heterocycles. The molecule has 0 spiro atoms. The van der Waals surface area contributed by atoms with Crippen LogP contribution >= 0.6 is 0 Å². The van der Waals surface area contributed by atoms with Crippen molar-refractivity contribution >= 4 is 46.4 Å². The summed E-state index contributed by atoms with van der Waals surface area (Å²) >= 11 is 0. The number of rotatable bonds is 4. The number of nitrogens with one attached hydrogen (secondary N) is 2. The Morgan fingerprint density at radius 2 is 0.585 bits per heavy atom. The van der Waals surface area contributed by atoms with Crippen molar-refractivity contribution in [3.63, 3.8) is 0 Å². The molecular weight excluding hydrogens is 716 g/mol. The van der Waals surface area contributed by atoms with Crippen LogP contribution in [0.15, 0.2) is 121 Å². The molecule has 7 aromatic rings. The molecule has 4 nitrogen and oxygen atoms in total. The summed E-state index contributed by atoms with van der Waals surface area (Å²) in [6.07, 6.45) is 7.40. The third kappa shape index (κ3) is 6.31. The third-order valence-corrected chi connectivity index (χ3v) is 9.21. The monoisotopic (exact) mass is 742 g/mol. The standard InChI is InChI=1S/C44H26F4N4.Fe/c45-29-9-1-5-25(21-29)41-33-13-15-35(49-33)42(26-6-2-10-30(46)22-26)37-17-19-39(51-37)44(28-8-4-12-32(48)24-28)40-20-18-38(52-40)43(36-16-14-34(41)50-36)27-7-3-11-31(47)23-27;/h1-24,49,52H;. The number of H-pyrrole nitrogens is 2. The maximum Gasteiger partial charge on any atom is 0.123 e. The van der Waals surface area contributed by atoms with E-state index in [0.717, 1.165) is 0 Å². The van der Waals surface area contributed by atoms with Gasteiger partial charge < -0.3 is 9.97 Å². The van der Waals surface area contributed by atoms with Crippen LogP contribution in [-0.4, -0.2) is 19.9 Å². The van der Waals surface area contributed by atoms with Crippen LogP contribution in [0.5, 0.6) is 0 Å². The van der Waals surface area contributed by atoms with Crippen molar-refractivity contribution in [1.82, 2.24) is 19.9 Å². The molecule has 8 bridgehead atoms.